The Labute approximate surface area is 185 Å². The fourth-order valence-electron chi connectivity index (χ4n) is 3.32. The van der Waals surface area contributed by atoms with E-state index in [0.717, 1.165) is 30.7 Å². The number of carbonyl (C=O) groups excluding carboxylic acids is 1. The van der Waals surface area contributed by atoms with Crippen molar-refractivity contribution in [3.05, 3.63) is 46.2 Å². The van der Waals surface area contributed by atoms with Gasteiger partial charge in [-0.1, -0.05) is 40.6 Å². The van der Waals surface area contributed by atoms with E-state index < -0.39 is 12.1 Å². The molecule has 1 atom stereocenters. The number of nitrogens with one attached hydrogen (secondary N) is 2. The fraction of sp³-hybridized carbons (Fsp3) is 0.316. The van der Waals surface area contributed by atoms with Crippen LogP contribution in [-0.2, 0) is 4.79 Å². The smallest absolute Gasteiger partial charge is 0.282 e. The predicted molar refractivity (Wildman–Crippen MR) is 114 cm³/mol. The van der Waals surface area contributed by atoms with Crippen molar-refractivity contribution in [1.29, 1.82) is 0 Å². The minimum Gasteiger partial charge on any atom is -0.313 e. The summed E-state index contributed by atoms with van der Waals surface area (Å²) in [5.41, 5.74) is 0.247. The van der Waals surface area contributed by atoms with Gasteiger partial charge >= 0.3 is 0 Å². The van der Waals surface area contributed by atoms with Crippen LogP contribution in [0.15, 0.2) is 30.5 Å². The van der Waals surface area contributed by atoms with Gasteiger partial charge in [-0.15, -0.1) is 0 Å². The lowest BCUT2D eigenvalue weighted by atomic mass is 10.1. The molecule has 11 heteroatoms. The van der Waals surface area contributed by atoms with Crippen LogP contribution in [0.1, 0.15) is 31.4 Å². The van der Waals surface area contributed by atoms with Crippen molar-refractivity contribution in [3.63, 3.8) is 0 Å². The average Bonchev–Trinajstić information content (AvgIpc) is 3.42. The van der Waals surface area contributed by atoms with Gasteiger partial charge < -0.3 is 10.6 Å². The summed E-state index contributed by atoms with van der Waals surface area (Å²) >= 11 is 13.7. The molecule has 1 fully saturated rings. The number of carbonyl (C=O) groups is 1. The Morgan fingerprint density at radius 1 is 1.37 bits per heavy atom. The van der Waals surface area contributed by atoms with Crippen LogP contribution in [-0.4, -0.2) is 33.3 Å². The SMILES string of the molecule is O=C(CC1CCCN1)Nc1ncc(-c2cc(C(F)F)nn2-c2c(Cl)cccc2Cl)s1. The maximum absolute atomic E-state index is 13.3. The number of thiazole rings is 1. The minimum atomic E-state index is -2.77. The maximum atomic E-state index is 13.3. The van der Waals surface area contributed by atoms with Crippen molar-refractivity contribution in [3.8, 4) is 16.3 Å². The molecule has 3 heterocycles. The van der Waals surface area contributed by atoms with Crippen molar-refractivity contribution < 1.29 is 13.6 Å². The highest BCUT2D eigenvalue weighted by Crippen LogP contribution is 2.37. The molecule has 0 radical (unpaired) electrons. The van der Waals surface area contributed by atoms with E-state index in [4.69, 9.17) is 23.2 Å². The van der Waals surface area contributed by atoms with Crippen LogP contribution in [0.2, 0.25) is 10.0 Å². The lowest BCUT2D eigenvalue weighted by molar-refractivity contribution is -0.116. The molecule has 30 heavy (non-hydrogen) atoms. The molecule has 1 aliphatic rings. The van der Waals surface area contributed by atoms with Gasteiger partial charge in [0.15, 0.2) is 5.13 Å². The number of hydrogen-bond donors (Lipinski definition) is 2. The molecule has 0 bridgehead atoms. The molecular weight excluding hydrogens is 455 g/mol. The summed E-state index contributed by atoms with van der Waals surface area (Å²) in [7, 11) is 0. The monoisotopic (exact) mass is 471 g/mol. The van der Waals surface area contributed by atoms with Crippen molar-refractivity contribution in [2.75, 3.05) is 11.9 Å². The summed E-state index contributed by atoms with van der Waals surface area (Å²) in [6.45, 7) is 0.917. The first kappa shape index (κ1) is 21.2. The zero-order valence-corrected chi connectivity index (χ0v) is 17.9. The number of aromatic nitrogens is 3. The first-order valence-corrected chi connectivity index (χ1v) is 10.8. The second-order valence-corrected chi connectivity index (χ2v) is 8.66. The van der Waals surface area contributed by atoms with E-state index in [2.05, 4.69) is 20.7 Å². The third-order valence-corrected chi connectivity index (χ3v) is 6.25. The number of amides is 1. The third-order valence-electron chi connectivity index (χ3n) is 4.70. The van der Waals surface area contributed by atoms with Gasteiger partial charge in [0.05, 0.1) is 20.6 Å². The third kappa shape index (κ3) is 4.49. The molecule has 6 nitrogen and oxygen atoms in total. The van der Waals surface area contributed by atoms with Gasteiger partial charge in [0.1, 0.15) is 11.4 Å². The van der Waals surface area contributed by atoms with E-state index >= 15 is 0 Å². The lowest BCUT2D eigenvalue weighted by Crippen LogP contribution is -2.27. The summed E-state index contributed by atoms with van der Waals surface area (Å²) in [5.74, 6) is -0.147. The summed E-state index contributed by atoms with van der Waals surface area (Å²) in [5, 5.41) is 11.0. The first-order valence-electron chi connectivity index (χ1n) is 9.24. The highest BCUT2D eigenvalue weighted by Gasteiger charge is 2.23. The standard InChI is InChI=1S/C19H17Cl2F2N5OS/c20-11-4-1-5-12(21)17(11)28-14(8-13(27-28)18(22)23)15-9-25-19(30-15)26-16(29)7-10-3-2-6-24-10/h1,4-5,8-10,18,24H,2-3,6-7H2,(H,25,26,29). The summed E-state index contributed by atoms with van der Waals surface area (Å²) in [4.78, 5) is 17.0. The molecule has 1 amide bonds. The van der Waals surface area contributed by atoms with Crippen molar-refractivity contribution >= 4 is 45.6 Å². The van der Waals surface area contributed by atoms with Gasteiger partial charge in [-0.25, -0.2) is 18.4 Å². The van der Waals surface area contributed by atoms with Crippen LogP contribution in [0.3, 0.4) is 0 Å². The molecule has 0 saturated carbocycles. The first-order chi connectivity index (χ1) is 14.4. The van der Waals surface area contributed by atoms with E-state index in [0.29, 0.717) is 27.8 Å². The lowest BCUT2D eigenvalue weighted by Gasteiger charge is -2.10. The Balaban J connectivity index is 1.63. The number of hydrogen-bond acceptors (Lipinski definition) is 5. The number of para-hydroxylation sites is 1. The average molecular weight is 472 g/mol. The van der Waals surface area contributed by atoms with Crippen molar-refractivity contribution in [1.82, 2.24) is 20.1 Å². The van der Waals surface area contributed by atoms with Crippen LogP contribution in [0, 0.1) is 0 Å². The molecule has 3 aromatic rings. The van der Waals surface area contributed by atoms with Crippen LogP contribution >= 0.6 is 34.5 Å². The Kier molecular flexibility index (Phi) is 6.33. The topological polar surface area (TPSA) is 71.8 Å². The number of benzene rings is 1. The number of halogens is 4. The molecule has 2 aromatic heterocycles. The Morgan fingerprint density at radius 3 is 2.80 bits per heavy atom. The molecule has 158 valence electrons. The van der Waals surface area contributed by atoms with Gasteiger partial charge in [0, 0.05) is 18.7 Å². The largest absolute Gasteiger partial charge is 0.313 e. The summed E-state index contributed by atoms with van der Waals surface area (Å²) < 4.78 is 28.0. The normalized spacial score (nSPS) is 16.4. The van der Waals surface area contributed by atoms with Crippen LogP contribution in [0.5, 0.6) is 0 Å². The van der Waals surface area contributed by atoms with Crippen molar-refractivity contribution in [2.45, 2.75) is 31.7 Å². The molecule has 1 unspecified atom stereocenters. The summed E-state index contributed by atoms with van der Waals surface area (Å²) in [6.07, 6.45) is 1.11. The van der Waals surface area contributed by atoms with Crippen LogP contribution in [0.4, 0.5) is 13.9 Å². The highest BCUT2D eigenvalue weighted by molar-refractivity contribution is 7.19. The maximum Gasteiger partial charge on any atom is 0.282 e. The quantitative estimate of drug-likeness (QED) is 0.510. The number of anilines is 1. The molecular formula is C19H17Cl2F2N5OS. The second kappa shape index (κ2) is 8.97. The Morgan fingerprint density at radius 2 is 2.13 bits per heavy atom. The van der Waals surface area contributed by atoms with E-state index in [1.165, 1.54) is 16.9 Å². The van der Waals surface area contributed by atoms with E-state index in [-0.39, 0.29) is 22.0 Å². The molecule has 1 aromatic carbocycles. The molecule has 4 rings (SSSR count). The van der Waals surface area contributed by atoms with Crippen molar-refractivity contribution in [2.24, 2.45) is 0 Å². The predicted octanol–water partition coefficient (Wildman–Crippen LogP) is 5.32. The van der Waals surface area contributed by atoms with E-state index in [1.54, 1.807) is 18.2 Å². The Bertz CT molecular complexity index is 1040. The molecule has 2 N–H and O–H groups in total. The van der Waals surface area contributed by atoms with E-state index in [9.17, 15) is 13.6 Å². The Hall–Kier alpha value is -2.07. The number of nitrogens with zero attached hydrogens (tertiary/aromatic N) is 3. The molecule has 0 spiro atoms. The van der Waals surface area contributed by atoms with Crippen LogP contribution in [0.25, 0.3) is 16.3 Å². The van der Waals surface area contributed by atoms with Gasteiger partial charge in [-0.05, 0) is 37.6 Å². The van der Waals surface area contributed by atoms with Gasteiger partial charge in [-0.3, -0.25) is 4.79 Å². The van der Waals surface area contributed by atoms with Gasteiger partial charge in [0.2, 0.25) is 5.91 Å². The zero-order valence-electron chi connectivity index (χ0n) is 15.5. The molecule has 1 saturated heterocycles. The minimum absolute atomic E-state index is 0.147. The van der Waals surface area contributed by atoms with Gasteiger partial charge in [-0.2, -0.15) is 5.10 Å². The van der Waals surface area contributed by atoms with Crippen LogP contribution < -0.4 is 10.6 Å². The second-order valence-electron chi connectivity index (χ2n) is 6.81. The summed E-state index contributed by atoms with van der Waals surface area (Å²) in [6, 6.07) is 6.30. The van der Waals surface area contributed by atoms with E-state index in [1.807, 2.05) is 0 Å². The molecule has 0 aliphatic carbocycles. The van der Waals surface area contributed by atoms with Gasteiger partial charge in [0.25, 0.3) is 6.43 Å². The highest BCUT2D eigenvalue weighted by atomic mass is 35.5. The molecule has 1 aliphatic heterocycles. The fourth-order valence-corrected chi connectivity index (χ4v) is 4.71. The zero-order chi connectivity index (χ0) is 21.3. The number of alkyl halides is 2. The number of rotatable bonds is 6.